The van der Waals surface area contributed by atoms with Gasteiger partial charge >= 0.3 is 0 Å². The maximum atomic E-state index is 12.2. The third kappa shape index (κ3) is 3.06. The lowest BCUT2D eigenvalue weighted by atomic mass is 10.2. The van der Waals surface area contributed by atoms with E-state index in [4.69, 9.17) is 28.3 Å². The predicted molar refractivity (Wildman–Crippen MR) is 76.4 cm³/mol. The number of aromatic nitrogens is 2. The minimum atomic E-state index is -3.91. The summed E-state index contributed by atoms with van der Waals surface area (Å²) >= 11 is 11.7. The van der Waals surface area contributed by atoms with Crippen LogP contribution in [0, 0.1) is 0 Å². The lowest BCUT2D eigenvalue weighted by molar-refractivity contribution is 0.281. The number of nitrogens with zero attached hydrogens (tertiary/aromatic N) is 2. The van der Waals surface area contributed by atoms with E-state index in [1.165, 1.54) is 22.9 Å². The Labute approximate surface area is 126 Å². The first-order chi connectivity index (χ1) is 9.33. The first-order valence-corrected chi connectivity index (χ1v) is 7.68. The normalized spacial score (nSPS) is 11.6. The van der Waals surface area contributed by atoms with Gasteiger partial charge in [-0.3, -0.25) is 9.40 Å². The SMILES string of the molecule is Cn1ccc(NS(=O)(=O)c2cc(CO)c(Cl)cc2Cl)n1. The molecule has 2 N–H and O–H groups in total. The minimum absolute atomic E-state index is 0.0318. The maximum Gasteiger partial charge on any atom is 0.264 e. The summed E-state index contributed by atoms with van der Waals surface area (Å²) in [5.41, 5.74) is 0.275. The van der Waals surface area contributed by atoms with Crippen LogP contribution in [0.3, 0.4) is 0 Å². The fourth-order valence-electron chi connectivity index (χ4n) is 1.56. The van der Waals surface area contributed by atoms with Crippen LogP contribution >= 0.6 is 23.2 Å². The van der Waals surface area contributed by atoms with Crippen LogP contribution in [0.15, 0.2) is 29.3 Å². The molecule has 108 valence electrons. The largest absolute Gasteiger partial charge is 0.392 e. The van der Waals surface area contributed by atoms with Crippen molar-refractivity contribution in [2.75, 3.05) is 4.72 Å². The van der Waals surface area contributed by atoms with Crippen LogP contribution in [-0.4, -0.2) is 23.3 Å². The molecule has 0 saturated carbocycles. The van der Waals surface area contributed by atoms with Crippen LogP contribution in [0.25, 0.3) is 0 Å². The zero-order valence-electron chi connectivity index (χ0n) is 10.3. The Morgan fingerprint density at radius 3 is 2.60 bits per heavy atom. The van der Waals surface area contributed by atoms with Crippen LogP contribution in [0.2, 0.25) is 10.0 Å². The van der Waals surface area contributed by atoms with Gasteiger partial charge in [0.15, 0.2) is 5.82 Å². The number of hydrogen-bond acceptors (Lipinski definition) is 4. The molecule has 0 aliphatic carbocycles. The van der Waals surface area contributed by atoms with Gasteiger partial charge in [0.2, 0.25) is 0 Å². The van der Waals surface area contributed by atoms with Gasteiger partial charge in [0.1, 0.15) is 4.90 Å². The van der Waals surface area contributed by atoms with Crippen LogP contribution in [0.1, 0.15) is 5.56 Å². The fraction of sp³-hybridized carbons (Fsp3) is 0.182. The summed E-state index contributed by atoms with van der Waals surface area (Å²) in [4.78, 5) is -0.168. The van der Waals surface area contributed by atoms with Crippen LogP contribution < -0.4 is 4.72 Å². The van der Waals surface area contributed by atoms with Crippen molar-refractivity contribution in [1.82, 2.24) is 9.78 Å². The number of nitrogens with one attached hydrogen (secondary N) is 1. The summed E-state index contributed by atoms with van der Waals surface area (Å²) in [6.45, 7) is -0.387. The molecule has 0 aliphatic heterocycles. The summed E-state index contributed by atoms with van der Waals surface area (Å²) in [5, 5.41) is 13.2. The molecule has 2 rings (SSSR count). The van der Waals surface area contributed by atoms with Crippen LogP contribution in [0.4, 0.5) is 5.82 Å². The summed E-state index contributed by atoms with van der Waals surface area (Å²) in [7, 11) is -2.24. The van der Waals surface area contributed by atoms with Gasteiger partial charge in [-0.05, 0) is 17.7 Å². The van der Waals surface area contributed by atoms with Gasteiger partial charge in [0.25, 0.3) is 10.0 Å². The molecular formula is C11H11Cl2N3O3S. The van der Waals surface area contributed by atoms with Crippen molar-refractivity contribution in [2.45, 2.75) is 11.5 Å². The number of aliphatic hydroxyl groups excluding tert-OH is 1. The number of sulfonamides is 1. The highest BCUT2D eigenvalue weighted by atomic mass is 35.5. The van der Waals surface area contributed by atoms with Gasteiger partial charge in [-0.15, -0.1) is 0 Å². The Morgan fingerprint density at radius 2 is 2.05 bits per heavy atom. The van der Waals surface area contributed by atoms with Gasteiger partial charge in [-0.25, -0.2) is 8.42 Å². The Hall–Kier alpha value is -1.28. The van der Waals surface area contributed by atoms with Gasteiger partial charge in [-0.2, -0.15) is 5.10 Å². The first kappa shape index (κ1) is 15.1. The fourth-order valence-corrected chi connectivity index (χ4v) is 3.42. The third-order valence-corrected chi connectivity index (χ3v) is 4.68. The number of rotatable bonds is 4. The Bertz CT molecular complexity index is 743. The molecular weight excluding hydrogens is 325 g/mol. The average Bonchev–Trinajstić information content (AvgIpc) is 2.73. The molecule has 0 amide bonds. The second-order valence-electron chi connectivity index (χ2n) is 4.01. The zero-order valence-corrected chi connectivity index (χ0v) is 12.7. The van der Waals surface area contributed by atoms with E-state index in [0.29, 0.717) is 0 Å². The predicted octanol–water partition coefficient (Wildman–Crippen LogP) is 2.02. The Morgan fingerprint density at radius 1 is 1.35 bits per heavy atom. The van der Waals surface area contributed by atoms with Crippen molar-refractivity contribution in [3.05, 3.63) is 40.0 Å². The molecule has 0 atom stereocenters. The topological polar surface area (TPSA) is 84.2 Å². The second-order valence-corrected chi connectivity index (χ2v) is 6.48. The van der Waals surface area contributed by atoms with Crippen LogP contribution in [0.5, 0.6) is 0 Å². The van der Waals surface area contributed by atoms with Crippen LogP contribution in [-0.2, 0) is 23.7 Å². The molecule has 1 aromatic heterocycles. The first-order valence-electron chi connectivity index (χ1n) is 5.45. The quantitative estimate of drug-likeness (QED) is 0.895. The van der Waals surface area contributed by atoms with E-state index in [9.17, 15) is 8.42 Å². The van der Waals surface area contributed by atoms with E-state index in [1.54, 1.807) is 13.2 Å². The van der Waals surface area contributed by atoms with E-state index in [-0.39, 0.29) is 32.9 Å². The Balaban J connectivity index is 2.43. The summed E-state index contributed by atoms with van der Waals surface area (Å²) < 4.78 is 28.2. The molecule has 1 heterocycles. The molecule has 0 aliphatic rings. The number of aryl methyl sites for hydroxylation is 1. The molecule has 0 bridgehead atoms. The molecule has 1 aromatic carbocycles. The molecule has 6 nitrogen and oxygen atoms in total. The number of anilines is 1. The summed E-state index contributed by atoms with van der Waals surface area (Å²) in [6.07, 6.45) is 1.60. The lowest BCUT2D eigenvalue weighted by Crippen LogP contribution is -2.14. The number of hydrogen-bond donors (Lipinski definition) is 2. The van der Waals surface area contributed by atoms with Gasteiger partial charge in [0.05, 0.1) is 11.6 Å². The van der Waals surface area contributed by atoms with Crippen molar-refractivity contribution in [3.8, 4) is 0 Å². The molecule has 0 unspecified atom stereocenters. The van der Waals surface area contributed by atoms with Crippen molar-refractivity contribution in [1.29, 1.82) is 0 Å². The molecule has 2 aromatic rings. The van der Waals surface area contributed by atoms with E-state index < -0.39 is 10.0 Å². The highest BCUT2D eigenvalue weighted by Crippen LogP contribution is 2.29. The molecule has 0 saturated heterocycles. The summed E-state index contributed by atoms with van der Waals surface area (Å²) in [5.74, 6) is 0.170. The van der Waals surface area contributed by atoms with E-state index in [2.05, 4.69) is 9.82 Å². The van der Waals surface area contributed by atoms with Crippen molar-refractivity contribution in [2.24, 2.45) is 7.05 Å². The molecule has 20 heavy (non-hydrogen) atoms. The average molecular weight is 336 g/mol. The van der Waals surface area contributed by atoms with Crippen molar-refractivity contribution < 1.29 is 13.5 Å². The maximum absolute atomic E-state index is 12.2. The van der Waals surface area contributed by atoms with E-state index in [1.807, 2.05) is 0 Å². The monoisotopic (exact) mass is 335 g/mol. The summed E-state index contributed by atoms with van der Waals surface area (Å²) in [6, 6.07) is 4.02. The Kier molecular flexibility index (Phi) is 4.24. The van der Waals surface area contributed by atoms with Crippen molar-refractivity contribution >= 4 is 39.0 Å². The van der Waals surface area contributed by atoms with Gasteiger partial charge in [0, 0.05) is 24.3 Å². The highest BCUT2D eigenvalue weighted by molar-refractivity contribution is 7.92. The molecule has 0 spiro atoms. The highest BCUT2D eigenvalue weighted by Gasteiger charge is 2.21. The smallest absolute Gasteiger partial charge is 0.264 e. The second kappa shape index (κ2) is 5.61. The standard InChI is InChI=1S/C11H11Cl2N3O3S/c1-16-3-2-11(14-16)15-20(18,19)10-4-7(6-17)8(12)5-9(10)13/h2-5,17H,6H2,1H3,(H,14,15). The number of halogens is 2. The number of aliphatic hydroxyl groups is 1. The van der Waals surface area contributed by atoms with Gasteiger partial charge < -0.3 is 5.11 Å². The third-order valence-electron chi connectivity index (χ3n) is 2.51. The number of benzene rings is 1. The minimum Gasteiger partial charge on any atom is -0.392 e. The van der Waals surface area contributed by atoms with E-state index in [0.717, 1.165) is 0 Å². The lowest BCUT2D eigenvalue weighted by Gasteiger charge is -2.10. The van der Waals surface area contributed by atoms with Gasteiger partial charge in [-0.1, -0.05) is 23.2 Å². The molecule has 0 fully saturated rings. The van der Waals surface area contributed by atoms with E-state index >= 15 is 0 Å². The zero-order chi connectivity index (χ0) is 14.9. The van der Waals surface area contributed by atoms with Crippen molar-refractivity contribution in [3.63, 3.8) is 0 Å². The molecule has 9 heteroatoms. The molecule has 0 radical (unpaired) electrons.